The minimum Gasteiger partial charge on any atom is -0.497 e. The number of carbonyl (C=O) groups is 1. The van der Waals surface area contributed by atoms with Crippen molar-refractivity contribution in [3.8, 4) is 11.4 Å². The standard InChI is InChI=1S/C21H21N3O2S/c1-13-18-19(15-8-7-11-17(12-15)26-3)27-14(2)21(25)22-20(18)24(23-13)16-9-5-4-6-10-16/h4-12,14,19H,1-3H3,(H,22,25)/t14-,19-/m1/s1. The maximum atomic E-state index is 12.7. The van der Waals surface area contributed by atoms with Gasteiger partial charge in [-0.2, -0.15) is 5.10 Å². The fraction of sp³-hybridized carbons (Fsp3) is 0.238. The Bertz CT molecular complexity index is 984. The van der Waals surface area contributed by atoms with E-state index >= 15 is 0 Å². The SMILES string of the molecule is COc1cccc([C@H]2S[C@H](C)C(=O)Nc3c2c(C)nn3-c2ccccc2)c1. The van der Waals surface area contributed by atoms with Gasteiger partial charge in [0.05, 0.1) is 29.0 Å². The third kappa shape index (κ3) is 3.21. The maximum absolute atomic E-state index is 12.7. The van der Waals surface area contributed by atoms with Crippen LogP contribution in [0.25, 0.3) is 5.69 Å². The number of hydrogen-bond acceptors (Lipinski definition) is 4. The van der Waals surface area contributed by atoms with Gasteiger partial charge in [0.25, 0.3) is 0 Å². The second kappa shape index (κ2) is 7.12. The lowest BCUT2D eigenvalue weighted by Crippen LogP contribution is -2.22. The van der Waals surface area contributed by atoms with E-state index in [0.29, 0.717) is 0 Å². The van der Waals surface area contributed by atoms with Gasteiger partial charge in [-0.05, 0) is 43.7 Å². The highest BCUT2D eigenvalue weighted by Crippen LogP contribution is 2.46. The van der Waals surface area contributed by atoms with Gasteiger partial charge in [-0.3, -0.25) is 4.79 Å². The average molecular weight is 379 g/mol. The zero-order chi connectivity index (χ0) is 19.0. The monoisotopic (exact) mass is 379 g/mol. The van der Waals surface area contributed by atoms with Crippen LogP contribution in [0.3, 0.4) is 0 Å². The van der Waals surface area contributed by atoms with Crippen molar-refractivity contribution in [3.05, 3.63) is 71.4 Å². The fourth-order valence-electron chi connectivity index (χ4n) is 3.33. The van der Waals surface area contributed by atoms with E-state index in [-0.39, 0.29) is 16.4 Å². The average Bonchev–Trinajstić information content (AvgIpc) is 2.95. The van der Waals surface area contributed by atoms with Crippen LogP contribution in [0.5, 0.6) is 5.75 Å². The number of anilines is 1. The molecule has 0 saturated carbocycles. The summed E-state index contributed by atoms with van der Waals surface area (Å²) in [5.41, 5.74) is 3.96. The normalized spacial score (nSPS) is 19.1. The Labute approximate surface area is 162 Å². The first-order valence-corrected chi connectivity index (χ1v) is 9.78. The van der Waals surface area contributed by atoms with Crippen molar-refractivity contribution in [3.63, 3.8) is 0 Å². The molecular weight excluding hydrogens is 358 g/mol. The zero-order valence-electron chi connectivity index (χ0n) is 15.5. The number of fused-ring (bicyclic) bond motifs is 1. The summed E-state index contributed by atoms with van der Waals surface area (Å²) in [6.07, 6.45) is 0. The summed E-state index contributed by atoms with van der Waals surface area (Å²) < 4.78 is 7.23. The zero-order valence-corrected chi connectivity index (χ0v) is 16.3. The number of thioether (sulfide) groups is 1. The van der Waals surface area contributed by atoms with Crippen molar-refractivity contribution in [2.75, 3.05) is 12.4 Å². The number of aryl methyl sites for hydroxylation is 1. The number of rotatable bonds is 3. The van der Waals surface area contributed by atoms with Crippen molar-refractivity contribution in [1.82, 2.24) is 9.78 Å². The Kier molecular flexibility index (Phi) is 4.66. The number of nitrogens with zero attached hydrogens (tertiary/aromatic N) is 2. The van der Waals surface area contributed by atoms with Gasteiger partial charge in [0, 0.05) is 5.56 Å². The molecule has 5 nitrogen and oxygen atoms in total. The molecule has 3 aromatic rings. The van der Waals surface area contributed by atoms with Crippen LogP contribution in [0, 0.1) is 6.92 Å². The number of amides is 1. The van der Waals surface area contributed by atoms with Crippen molar-refractivity contribution in [2.24, 2.45) is 0 Å². The van der Waals surface area contributed by atoms with Crippen molar-refractivity contribution in [2.45, 2.75) is 24.3 Å². The predicted octanol–water partition coefficient (Wildman–Crippen LogP) is 4.35. The summed E-state index contributed by atoms with van der Waals surface area (Å²) in [7, 11) is 1.66. The molecule has 27 heavy (non-hydrogen) atoms. The highest BCUT2D eigenvalue weighted by atomic mass is 32.2. The van der Waals surface area contributed by atoms with Gasteiger partial charge < -0.3 is 10.1 Å². The lowest BCUT2D eigenvalue weighted by Gasteiger charge is -2.18. The van der Waals surface area contributed by atoms with Crippen LogP contribution >= 0.6 is 11.8 Å². The summed E-state index contributed by atoms with van der Waals surface area (Å²) in [5, 5.41) is 7.64. The number of carbonyl (C=O) groups excluding carboxylic acids is 1. The number of methoxy groups -OCH3 is 1. The number of aromatic nitrogens is 2. The molecule has 1 aliphatic rings. The highest BCUT2D eigenvalue weighted by molar-refractivity contribution is 8.01. The minimum absolute atomic E-state index is 0.0104. The lowest BCUT2D eigenvalue weighted by atomic mass is 10.0. The molecule has 0 fully saturated rings. The molecule has 0 unspecified atom stereocenters. The summed E-state index contributed by atoms with van der Waals surface area (Å²) in [6, 6.07) is 17.9. The van der Waals surface area contributed by atoms with E-state index in [0.717, 1.165) is 34.1 Å². The Morgan fingerprint density at radius 2 is 1.93 bits per heavy atom. The van der Waals surface area contributed by atoms with Crippen molar-refractivity contribution in [1.29, 1.82) is 0 Å². The summed E-state index contributed by atoms with van der Waals surface area (Å²) >= 11 is 1.63. The van der Waals surface area contributed by atoms with Crippen molar-refractivity contribution >= 4 is 23.5 Å². The number of nitrogens with one attached hydrogen (secondary N) is 1. The number of para-hydroxylation sites is 1. The molecule has 1 aliphatic heterocycles. The van der Waals surface area contributed by atoms with Crippen LogP contribution < -0.4 is 10.1 Å². The molecule has 2 heterocycles. The van der Waals surface area contributed by atoms with Crippen LogP contribution in [0.1, 0.15) is 29.0 Å². The van der Waals surface area contributed by atoms with Crippen LogP contribution in [-0.2, 0) is 4.79 Å². The topological polar surface area (TPSA) is 56.1 Å². The molecule has 6 heteroatoms. The van der Waals surface area contributed by atoms with E-state index in [4.69, 9.17) is 9.84 Å². The van der Waals surface area contributed by atoms with E-state index < -0.39 is 0 Å². The molecule has 138 valence electrons. The molecular formula is C21H21N3O2S. The number of hydrogen-bond donors (Lipinski definition) is 1. The maximum Gasteiger partial charge on any atom is 0.238 e. The number of ether oxygens (including phenoxy) is 1. The molecule has 0 radical (unpaired) electrons. The quantitative estimate of drug-likeness (QED) is 0.735. The molecule has 1 amide bonds. The molecule has 1 N–H and O–H groups in total. The molecule has 0 bridgehead atoms. The van der Waals surface area contributed by atoms with Crippen molar-refractivity contribution < 1.29 is 9.53 Å². The molecule has 0 saturated heterocycles. The van der Waals surface area contributed by atoms with Crippen LogP contribution in [-0.4, -0.2) is 28.0 Å². The van der Waals surface area contributed by atoms with E-state index in [1.165, 1.54) is 0 Å². The molecule has 0 spiro atoms. The largest absolute Gasteiger partial charge is 0.497 e. The van der Waals surface area contributed by atoms with E-state index in [1.54, 1.807) is 18.9 Å². The van der Waals surface area contributed by atoms with Gasteiger partial charge in [-0.25, -0.2) is 4.68 Å². The second-order valence-corrected chi connectivity index (χ2v) is 7.97. The van der Waals surface area contributed by atoms with Gasteiger partial charge >= 0.3 is 0 Å². The fourth-order valence-corrected chi connectivity index (χ4v) is 4.64. The smallest absolute Gasteiger partial charge is 0.238 e. The highest BCUT2D eigenvalue weighted by Gasteiger charge is 2.34. The second-order valence-electron chi connectivity index (χ2n) is 6.52. The first-order valence-electron chi connectivity index (χ1n) is 8.83. The Morgan fingerprint density at radius 1 is 1.15 bits per heavy atom. The van der Waals surface area contributed by atoms with Gasteiger partial charge in [-0.15, -0.1) is 11.8 Å². The van der Waals surface area contributed by atoms with Gasteiger partial charge in [0.1, 0.15) is 11.6 Å². The van der Waals surface area contributed by atoms with Gasteiger partial charge in [-0.1, -0.05) is 30.3 Å². The molecule has 1 aromatic heterocycles. The predicted molar refractivity (Wildman–Crippen MR) is 109 cm³/mol. The molecule has 2 aromatic carbocycles. The third-order valence-electron chi connectivity index (χ3n) is 4.72. The van der Waals surface area contributed by atoms with E-state index in [9.17, 15) is 4.79 Å². The Balaban J connectivity index is 1.90. The van der Waals surface area contributed by atoms with Crippen LogP contribution in [0.4, 0.5) is 5.82 Å². The summed E-state index contributed by atoms with van der Waals surface area (Å²) in [4.78, 5) is 12.7. The Morgan fingerprint density at radius 3 is 2.67 bits per heavy atom. The lowest BCUT2D eigenvalue weighted by molar-refractivity contribution is -0.115. The number of benzene rings is 2. The molecule has 2 atom stereocenters. The van der Waals surface area contributed by atoms with Gasteiger partial charge in [0.2, 0.25) is 5.91 Å². The Hall–Kier alpha value is -2.73. The van der Waals surface area contributed by atoms with Crippen LogP contribution in [0.15, 0.2) is 54.6 Å². The first kappa shape index (κ1) is 17.7. The van der Waals surface area contributed by atoms with Crippen LogP contribution in [0.2, 0.25) is 0 Å². The van der Waals surface area contributed by atoms with E-state index in [1.807, 2.05) is 67.1 Å². The molecule has 0 aliphatic carbocycles. The summed E-state index contributed by atoms with van der Waals surface area (Å²) in [5.74, 6) is 1.54. The third-order valence-corrected chi connectivity index (χ3v) is 6.12. The molecule has 4 rings (SSSR count). The van der Waals surface area contributed by atoms with E-state index in [2.05, 4.69) is 11.4 Å². The van der Waals surface area contributed by atoms with Gasteiger partial charge in [0.15, 0.2) is 0 Å². The first-order chi connectivity index (χ1) is 13.1. The summed E-state index contributed by atoms with van der Waals surface area (Å²) in [6.45, 7) is 3.93. The minimum atomic E-state index is -0.183.